The standard InChI is InChI=1S/C30H33N5O3/c1-21-7-9-22(10-8-21)17-24-20-38-25(19-35-28(36)26-5-2-3-6-27(26)29(35)37)18-34(24)23-11-15-33(16-12-23)30-31-13-4-14-32-30/h2-10,13-14,23-25H,11-12,15-20H2,1H3. The van der Waals surface area contributed by atoms with E-state index >= 15 is 0 Å². The van der Waals surface area contributed by atoms with Gasteiger partial charge in [0.05, 0.1) is 30.4 Å². The molecule has 2 aromatic carbocycles. The Morgan fingerprint density at radius 3 is 2.21 bits per heavy atom. The number of amides is 2. The Morgan fingerprint density at radius 2 is 1.55 bits per heavy atom. The van der Waals surface area contributed by atoms with Crippen LogP contribution >= 0.6 is 0 Å². The highest BCUT2D eigenvalue weighted by Crippen LogP contribution is 2.28. The SMILES string of the molecule is Cc1ccc(CC2COC(CN3C(=O)c4ccccc4C3=O)CN2C2CCN(c3ncccn3)CC2)cc1. The number of aryl methyl sites for hydroxylation is 1. The number of anilines is 1. The Balaban J connectivity index is 1.17. The Labute approximate surface area is 223 Å². The highest BCUT2D eigenvalue weighted by molar-refractivity contribution is 6.21. The van der Waals surface area contributed by atoms with Gasteiger partial charge in [-0.25, -0.2) is 9.97 Å². The number of aromatic nitrogens is 2. The summed E-state index contributed by atoms with van der Waals surface area (Å²) in [6, 6.07) is 18.2. The first kappa shape index (κ1) is 24.7. The van der Waals surface area contributed by atoms with Gasteiger partial charge in [-0.2, -0.15) is 0 Å². The predicted molar refractivity (Wildman–Crippen MR) is 144 cm³/mol. The zero-order valence-electron chi connectivity index (χ0n) is 21.7. The van der Waals surface area contributed by atoms with Crippen LogP contribution in [0.3, 0.4) is 0 Å². The highest BCUT2D eigenvalue weighted by Gasteiger charge is 2.40. The van der Waals surface area contributed by atoms with Crippen LogP contribution in [0.5, 0.6) is 0 Å². The van der Waals surface area contributed by atoms with Gasteiger partial charge < -0.3 is 9.64 Å². The first-order valence-corrected chi connectivity index (χ1v) is 13.5. The molecule has 8 heteroatoms. The summed E-state index contributed by atoms with van der Waals surface area (Å²) >= 11 is 0. The first-order chi connectivity index (χ1) is 18.6. The summed E-state index contributed by atoms with van der Waals surface area (Å²) in [4.78, 5) is 41.0. The number of morpholine rings is 1. The quantitative estimate of drug-likeness (QED) is 0.470. The van der Waals surface area contributed by atoms with E-state index in [1.54, 1.807) is 36.7 Å². The molecular formula is C30H33N5O3. The topological polar surface area (TPSA) is 78.9 Å². The van der Waals surface area contributed by atoms with Gasteiger partial charge >= 0.3 is 0 Å². The molecule has 0 N–H and O–H groups in total. The number of fused-ring (bicyclic) bond motifs is 1. The minimum Gasteiger partial charge on any atom is -0.373 e. The maximum atomic E-state index is 13.0. The lowest BCUT2D eigenvalue weighted by Gasteiger charge is -2.47. The molecule has 3 aliphatic heterocycles. The molecule has 0 aliphatic carbocycles. The molecule has 4 heterocycles. The van der Waals surface area contributed by atoms with E-state index in [1.165, 1.54) is 16.0 Å². The number of carbonyl (C=O) groups excluding carboxylic acids is 2. The van der Waals surface area contributed by atoms with Crippen LogP contribution in [-0.2, 0) is 11.2 Å². The van der Waals surface area contributed by atoms with Crippen molar-refractivity contribution in [3.05, 3.63) is 89.2 Å². The average Bonchev–Trinajstić information content (AvgIpc) is 3.20. The second-order valence-corrected chi connectivity index (χ2v) is 10.5. The van der Waals surface area contributed by atoms with E-state index < -0.39 is 0 Å². The second-order valence-electron chi connectivity index (χ2n) is 10.5. The fraction of sp³-hybridized carbons (Fsp3) is 0.400. The molecule has 0 spiro atoms. The number of carbonyl (C=O) groups is 2. The van der Waals surface area contributed by atoms with Gasteiger partial charge in [0.1, 0.15) is 0 Å². The largest absolute Gasteiger partial charge is 0.373 e. The molecule has 2 fully saturated rings. The van der Waals surface area contributed by atoms with Crippen molar-refractivity contribution in [2.24, 2.45) is 0 Å². The van der Waals surface area contributed by atoms with Gasteiger partial charge in [0.15, 0.2) is 0 Å². The maximum absolute atomic E-state index is 13.0. The van der Waals surface area contributed by atoms with Crippen molar-refractivity contribution in [3.63, 3.8) is 0 Å². The molecule has 6 rings (SSSR count). The normalized spacial score (nSPS) is 22.7. The van der Waals surface area contributed by atoms with Crippen LogP contribution < -0.4 is 4.90 Å². The Morgan fingerprint density at radius 1 is 0.895 bits per heavy atom. The molecular weight excluding hydrogens is 478 g/mol. The fourth-order valence-corrected chi connectivity index (χ4v) is 5.97. The number of ether oxygens (including phenoxy) is 1. The maximum Gasteiger partial charge on any atom is 0.261 e. The second kappa shape index (κ2) is 10.6. The molecule has 0 radical (unpaired) electrons. The minimum atomic E-state index is -0.223. The van der Waals surface area contributed by atoms with Crippen LogP contribution in [0.2, 0.25) is 0 Å². The Hall–Kier alpha value is -3.62. The minimum absolute atomic E-state index is 0.220. The van der Waals surface area contributed by atoms with E-state index in [2.05, 4.69) is 51.0 Å². The number of hydrogen-bond acceptors (Lipinski definition) is 7. The van der Waals surface area contributed by atoms with Gasteiger partial charge in [-0.3, -0.25) is 19.4 Å². The number of benzene rings is 2. The van der Waals surface area contributed by atoms with Gasteiger partial charge in [0.2, 0.25) is 5.95 Å². The van der Waals surface area contributed by atoms with E-state index in [1.807, 2.05) is 6.07 Å². The van der Waals surface area contributed by atoms with Crippen molar-refractivity contribution in [2.75, 3.05) is 37.7 Å². The van der Waals surface area contributed by atoms with Crippen molar-refractivity contribution in [2.45, 2.75) is 44.4 Å². The molecule has 2 atom stereocenters. The van der Waals surface area contributed by atoms with Crippen molar-refractivity contribution in [1.29, 1.82) is 0 Å². The summed E-state index contributed by atoms with van der Waals surface area (Å²) in [5.41, 5.74) is 3.51. The molecule has 3 aliphatic rings. The molecule has 3 aromatic rings. The van der Waals surface area contributed by atoms with Crippen LogP contribution in [-0.4, -0.2) is 82.6 Å². The third kappa shape index (κ3) is 4.93. The molecule has 8 nitrogen and oxygen atoms in total. The lowest BCUT2D eigenvalue weighted by Crippen LogP contribution is -2.59. The van der Waals surface area contributed by atoms with Crippen molar-refractivity contribution >= 4 is 17.8 Å². The zero-order chi connectivity index (χ0) is 26.1. The van der Waals surface area contributed by atoms with Gasteiger partial charge in [-0.1, -0.05) is 42.0 Å². The summed E-state index contributed by atoms with van der Waals surface area (Å²) < 4.78 is 6.34. The summed E-state index contributed by atoms with van der Waals surface area (Å²) in [6.45, 7) is 5.43. The predicted octanol–water partition coefficient (Wildman–Crippen LogP) is 3.36. The van der Waals surface area contributed by atoms with E-state index in [0.29, 0.717) is 30.3 Å². The van der Waals surface area contributed by atoms with Gasteiger partial charge in [0.25, 0.3) is 11.8 Å². The third-order valence-corrected chi connectivity index (χ3v) is 8.03. The Bertz CT molecular complexity index is 1260. The van der Waals surface area contributed by atoms with E-state index in [4.69, 9.17) is 4.74 Å². The van der Waals surface area contributed by atoms with Crippen molar-refractivity contribution in [3.8, 4) is 0 Å². The molecule has 2 saturated heterocycles. The summed E-state index contributed by atoms with van der Waals surface area (Å²) in [5, 5.41) is 0. The molecule has 0 bridgehead atoms. The lowest BCUT2D eigenvalue weighted by molar-refractivity contribution is -0.0864. The zero-order valence-corrected chi connectivity index (χ0v) is 21.7. The van der Waals surface area contributed by atoms with Crippen LogP contribution in [0, 0.1) is 6.92 Å². The van der Waals surface area contributed by atoms with Crippen molar-refractivity contribution in [1.82, 2.24) is 19.8 Å². The van der Waals surface area contributed by atoms with E-state index in [0.717, 1.165) is 38.3 Å². The van der Waals surface area contributed by atoms with Crippen LogP contribution in [0.1, 0.15) is 44.7 Å². The lowest BCUT2D eigenvalue weighted by atomic mass is 9.96. The van der Waals surface area contributed by atoms with Gasteiger partial charge in [0, 0.05) is 44.1 Å². The summed E-state index contributed by atoms with van der Waals surface area (Å²) in [7, 11) is 0. The third-order valence-electron chi connectivity index (χ3n) is 8.03. The fourth-order valence-electron chi connectivity index (χ4n) is 5.97. The summed E-state index contributed by atoms with van der Waals surface area (Å²) in [6.07, 6.45) is 6.27. The van der Waals surface area contributed by atoms with Crippen molar-refractivity contribution < 1.29 is 14.3 Å². The van der Waals surface area contributed by atoms with E-state index in [9.17, 15) is 9.59 Å². The highest BCUT2D eigenvalue weighted by atomic mass is 16.5. The molecule has 2 unspecified atom stereocenters. The molecule has 196 valence electrons. The van der Waals surface area contributed by atoms with Crippen LogP contribution in [0.4, 0.5) is 5.95 Å². The van der Waals surface area contributed by atoms with Crippen LogP contribution in [0.15, 0.2) is 67.0 Å². The number of rotatable bonds is 6. The number of imide groups is 1. The molecule has 38 heavy (non-hydrogen) atoms. The number of piperidine rings is 1. The van der Waals surface area contributed by atoms with Crippen LogP contribution in [0.25, 0.3) is 0 Å². The first-order valence-electron chi connectivity index (χ1n) is 13.5. The number of hydrogen-bond donors (Lipinski definition) is 0. The smallest absolute Gasteiger partial charge is 0.261 e. The molecule has 1 aromatic heterocycles. The molecule has 2 amide bonds. The summed E-state index contributed by atoms with van der Waals surface area (Å²) in [5.74, 6) is 0.338. The average molecular weight is 512 g/mol. The van der Waals surface area contributed by atoms with Gasteiger partial charge in [-0.05, 0) is 49.9 Å². The van der Waals surface area contributed by atoms with E-state index in [-0.39, 0.29) is 30.5 Å². The molecule has 0 saturated carbocycles. The number of nitrogens with zero attached hydrogens (tertiary/aromatic N) is 5. The monoisotopic (exact) mass is 511 g/mol. The van der Waals surface area contributed by atoms with Gasteiger partial charge in [-0.15, -0.1) is 0 Å². The Kier molecular flexibility index (Phi) is 6.91.